The maximum absolute atomic E-state index is 12.0. The number of sulfonamides is 1. The van der Waals surface area contributed by atoms with E-state index in [1.807, 2.05) is 12.1 Å². The minimum absolute atomic E-state index is 0.00718. The van der Waals surface area contributed by atoms with Gasteiger partial charge in [-0.05, 0) is 25.0 Å². The number of aromatic nitrogens is 1. The van der Waals surface area contributed by atoms with Crippen LogP contribution in [0.3, 0.4) is 0 Å². The van der Waals surface area contributed by atoms with Crippen molar-refractivity contribution in [3.05, 3.63) is 30.1 Å². The molecule has 2 atom stereocenters. The SMILES string of the molecule is O=S(=O)(CCc1ccccn1)N[C@@H]1CCCC[C@H]1O. The molecule has 6 heteroatoms. The maximum atomic E-state index is 12.0. The van der Waals surface area contributed by atoms with Gasteiger partial charge in [0.05, 0.1) is 11.9 Å². The summed E-state index contributed by atoms with van der Waals surface area (Å²) in [5, 5.41) is 9.78. The first-order valence-electron chi connectivity index (χ1n) is 6.65. The average molecular weight is 284 g/mol. The summed E-state index contributed by atoms with van der Waals surface area (Å²) in [6.07, 6.45) is 4.80. The molecule has 1 saturated carbocycles. The predicted octanol–water partition coefficient (Wildman–Crippen LogP) is 0.847. The number of aliphatic hydroxyl groups excluding tert-OH is 1. The van der Waals surface area contributed by atoms with Gasteiger partial charge in [0.2, 0.25) is 10.0 Å². The highest BCUT2D eigenvalue weighted by Crippen LogP contribution is 2.19. The zero-order valence-electron chi connectivity index (χ0n) is 10.8. The van der Waals surface area contributed by atoms with Gasteiger partial charge in [0.15, 0.2) is 0 Å². The summed E-state index contributed by atoms with van der Waals surface area (Å²) in [4.78, 5) is 4.10. The lowest BCUT2D eigenvalue weighted by Gasteiger charge is -2.28. The number of rotatable bonds is 5. The summed E-state index contributed by atoms with van der Waals surface area (Å²) in [6.45, 7) is 0. The second-order valence-electron chi connectivity index (χ2n) is 4.97. The van der Waals surface area contributed by atoms with E-state index < -0.39 is 16.1 Å². The van der Waals surface area contributed by atoms with Crippen LogP contribution in [0.15, 0.2) is 24.4 Å². The van der Waals surface area contributed by atoms with Gasteiger partial charge in [-0.2, -0.15) is 0 Å². The summed E-state index contributed by atoms with van der Waals surface area (Å²) in [7, 11) is -3.36. The highest BCUT2D eigenvalue weighted by Gasteiger charge is 2.26. The highest BCUT2D eigenvalue weighted by molar-refractivity contribution is 7.89. The van der Waals surface area contributed by atoms with Crippen molar-refractivity contribution in [2.45, 2.75) is 44.2 Å². The normalized spacial score (nSPS) is 24.3. The van der Waals surface area contributed by atoms with Gasteiger partial charge in [-0.1, -0.05) is 18.9 Å². The molecule has 0 aromatic carbocycles. The summed E-state index contributed by atoms with van der Waals surface area (Å²) >= 11 is 0. The van der Waals surface area contributed by atoms with Gasteiger partial charge in [0, 0.05) is 24.4 Å². The first-order valence-corrected chi connectivity index (χ1v) is 8.30. The molecule has 0 amide bonds. The molecular weight excluding hydrogens is 264 g/mol. The largest absolute Gasteiger partial charge is 0.391 e. The van der Waals surface area contributed by atoms with Gasteiger partial charge in [-0.15, -0.1) is 0 Å². The number of hydrogen-bond donors (Lipinski definition) is 2. The third-order valence-corrected chi connectivity index (χ3v) is 4.82. The minimum atomic E-state index is -3.36. The van der Waals surface area contributed by atoms with Crippen LogP contribution in [0.4, 0.5) is 0 Å². The van der Waals surface area contributed by atoms with E-state index in [4.69, 9.17) is 0 Å². The van der Waals surface area contributed by atoms with Crippen molar-refractivity contribution in [2.75, 3.05) is 5.75 Å². The summed E-state index contributed by atoms with van der Waals surface area (Å²) in [5.41, 5.74) is 0.761. The molecular formula is C13H20N2O3S. The zero-order chi connectivity index (χ0) is 13.7. The van der Waals surface area contributed by atoms with Crippen molar-refractivity contribution < 1.29 is 13.5 Å². The lowest BCUT2D eigenvalue weighted by Crippen LogP contribution is -2.45. The lowest BCUT2D eigenvalue weighted by atomic mass is 9.93. The van der Waals surface area contributed by atoms with Gasteiger partial charge in [-0.3, -0.25) is 4.98 Å². The molecule has 106 valence electrons. The van der Waals surface area contributed by atoms with Crippen LogP contribution in [0.1, 0.15) is 31.4 Å². The predicted molar refractivity (Wildman–Crippen MR) is 73.1 cm³/mol. The summed E-state index contributed by atoms with van der Waals surface area (Å²) < 4.78 is 26.5. The smallest absolute Gasteiger partial charge is 0.212 e. The second kappa shape index (κ2) is 6.45. The van der Waals surface area contributed by atoms with Crippen molar-refractivity contribution in [1.29, 1.82) is 0 Å². The molecule has 2 N–H and O–H groups in total. The first-order chi connectivity index (χ1) is 9.07. The summed E-state index contributed by atoms with van der Waals surface area (Å²) in [5.74, 6) is 0.00718. The Bertz CT molecular complexity index is 490. The van der Waals surface area contributed by atoms with E-state index in [2.05, 4.69) is 9.71 Å². The number of pyridine rings is 1. The topological polar surface area (TPSA) is 79.3 Å². The number of aliphatic hydroxyl groups is 1. The van der Waals surface area contributed by atoms with Gasteiger partial charge < -0.3 is 5.11 Å². The molecule has 19 heavy (non-hydrogen) atoms. The number of hydrogen-bond acceptors (Lipinski definition) is 4. The van der Waals surface area contributed by atoms with Crippen LogP contribution in [-0.4, -0.2) is 36.4 Å². The van der Waals surface area contributed by atoms with Crippen LogP contribution in [0, 0.1) is 0 Å². The molecule has 0 saturated heterocycles. The van der Waals surface area contributed by atoms with Crippen molar-refractivity contribution in [1.82, 2.24) is 9.71 Å². The van der Waals surface area contributed by atoms with Crippen LogP contribution in [-0.2, 0) is 16.4 Å². The standard InChI is InChI=1S/C13H20N2O3S/c16-13-7-2-1-6-12(13)15-19(17,18)10-8-11-5-3-4-9-14-11/h3-5,9,12-13,15-16H,1-2,6-8,10H2/t12-,13-/m1/s1. The molecule has 5 nitrogen and oxygen atoms in total. The van der Waals surface area contributed by atoms with Crippen LogP contribution in [0.2, 0.25) is 0 Å². The van der Waals surface area contributed by atoms with Crippen LogP contribution in [0.25, 0.3) is 0 Å². The van der Waals surface area contributed by atoms with E-state index in [1.165, 1.54) is 0 Å². The zero-order valence-corrected chi connectivity index (χ0v) is 11.6. The molecule has 0 bridgehead atoms. The van der Waals surface area contributed by atoms with Gasteiger partial charge in [-0.25, -0.2) is 13.1 Å². The Labute approximate surface area is 114 Å². The Morgan fingerprint density at radius 3 is 2.79 bits per heavy atom. The molecule has 1 aliphatic carbocycles. The monoisotopic (exact) mass is 284 g/mol. The fourth-order valence-electron chi connectivity index (χ4n) is 2.32. The fourth-order valence-corrected chi connectivity index (χ4v) is 3.66. The Morgan fingerprint density at radius 2 is 2.11 bits per heavy atom. The van der Waals surface area contributed by atoms with Crippen molar-refractivity contribution in [3.63, 3.8) is 0 Å². The second-order valence-corrected chi connectivity index (χ2v) is 6.84. The number of nitrogens with one attached hydrogen (secondary N) is 1. The summed E-state index contributed by atoms with van der Waals surface area (Å²) in [6, 6.07) is 5.12. The Morgan fingerprint density at radius 1 is 1.32 bits per heavy atom. The molecule has 1 heterocycles. The quantitative estimate of drug-likeness (QED) is 0.840. The molecule has 1 aromatic heterocycles. The molecule has 0 spiro atoms. The molecule has 0 radical (unpaired) electrons. The third kappa shape index (κ3) is 4.56. The fraction of sp³-hybridized carbons (Fsp3) is 0.615. The minimum Gasteiger partial charge on any atom is -0.391 e. The molecule has 1 fully saturated rings. The van der Waals surface area contributed by atoms with Crippen LogP contribution in [0.5, 0.6) is 0 Å². The van der Waals surface area contributed by atoms with Gasteiger partial charge in [0.1, 0.15) is 0 Å². The van der Waals surface area contributed by atoms with Crippen molar-refractivity contribution >= 4 is 10.0 Å². The Kier molecular flexibility index (Phi) is 4.90. The average Bonchev–Trinajstić information content (AvgIpc) is 2.40. The van der Waals surface area contributed by atoms with Crippen LogP contribution >= 0.6 is 0 Å². The van der Waals surface area contributed by atoms with Gasteiger partial charge in [0.25, 0.3) is 0 Å². The first kappa shape index (κ1) is 14.4. The van der Waals surface area contributed by atoms with Crippen LogP contribution < -0.4 is 4.72 Å². The Balaban J connectivity index is 1.88. The van der Waals surface area contributed by atoms with E-state index in [0.717, 1.165) is 18.5 Å². The van der Waals surface area contributed by atoms with E-state index in [-0.39, 0.29) is 11.8 Å². The molecule has 0 aliphatic heterocycles. The maximum Gasteiger partial charge on any atom is 0.212 e. The number of aryl methyl sites for hydroxylation is 1. The molecule has 1 aliphatic rings. The molecule has 2 rings (SSSR count). The molecule has 0 unspecified atom stereocenters. The molecule has 1 aromatic rings. The van der Waals surface area contributed by atoms with E-state index >= 15 is 0 Å². The lowest BCUT2D eigenvalue weighted by molar-refractivity contribution is 0.101. The van der Waals surface area contributed by atoms with E-state index in [1.54, 1.807) is 12.3 Å². The van der Waals surface area contributed by atoms with Crippen molar-refractivity contribution in [3.8, 4) is 0 Å². The third-order valence-electron chi connectivity index (χ3n) is 3.41. The Hall–Kier alpha value is -0.980. The number of nitrogens with zero attached hydrogens (tertiary/aromatic N) is 1. The van der Waals surface area contributed by atoms with Crippen molar-refractivity contribution in [2.24, 2.45) is 0 Å². The van der Waals surface area contributed by atoms with E-state index in [9.17, 15) is 13.5 Å². The highest BCUT2D eigenvalue weighted by atomic mass is 32.2. The van der Waals surface area contributed by atoms with E-state index in [0.29, 0.717) is 19.3 Å². The van der Waals surface area contributed by atoms with Gasteiger partial charge >= 0.3 is 0 Å².